The van der Waals surface area contributed by atoms with E-state index in [9.17, 15) is 8.42 Å². The number of hydrogen-bond donors (Lipinski definition) is 1. The van der Waals surface area contributed by atoms with Gasteiger partial charge in [0.05, 0.1) is 0 Å². The molecule has 1 heterocycles. The van der Waals surface area contributed by atoms with Gasteiger partial charge in [-0.1, -0.05) is 6.92 Å². The molecule has 0 amide bonds. The van der Waals surface area contributed by atoms with Crippen molar-refractivity contribution in [2.75, 3.05) is 0 Å². The first kappa shape index (κ1) is 11.6. The lowest BCUT2D eigenvalue weighted by Crippen LogP contribution is -2.43. The third kappa shape index (κ3) is 2.43. The summed E-state index contributed by atoms with van der Waals surface area (Å²) in [5, 5.41) is 1.77. The Morgan fingerprint density at radius 2 is 2.20 bits per heavy atom. The van der Waals surface area contributed by atoms with Crippen molar-refractivity contribution < 1.29 is 8.42 Å². The van der Waals surface area contributed by atoms with Gasteiger partial charge in [-0.25, -0.2) is 13.1 Å². The van der Waals surface area contributed by atoms with Crippen LogP contribution in [0.5, 0.6) is 0 Å². The van der Waals surface area contributed by atoms with Crippen LogP contribution in [0, 0.1) is 5.92 Å². The Balaban J connectivity index is 2.11. The Hall–Kier alpha value is 0.0900. The van der Waals surface area contributed by atoms with Gasteiger partial charge in [-0.05, 0) is 46.1 Å². The molecule has 1 saturated carbocycles. The number of rotatable bonds is 3. The zero-order chi connectivity index (χ0) is 11.1. The van der Waals surface area contributed by atoms with Gasteiger partial charge in [-0.15, -0.1) is 11.3 Å². The molecular formula is C9H12BrNO2S2. The minimum atomic E-state index is -3.31. The van der Waals surface area contributed by atoms with Gasteiger partial charge in [0.25, 0.3) is 10.0 Å². The Kier molecular flexibility index (Phi) is 3.21. The molecule has 0 aromatic carbocycles. The van der Waals surface area contributed by atoms with Crippen molar-refractivity contribution in [2.24, 2.45) is 5.92 Å². The zero-order valence-electron chi connectivity index (χ0n) is 8.23. The molecule has 1 aliphatic carbocycles. The van der Waals surface area contributed by atoms with E-state index in [1.807, 2.05) is 0 Å². The molecule has 15 heavy (non-hydrogen) atoms. The van der Waals surface area contributed by atoms with Gasteiger partial charge in [0.1, 0.15) is 4.21 Å². The van der Waals surface area contributed by atoms with Crippen LogP contribution in [0.4, 0.5) is 0 Å². The van der Waals surface area contributed by atoms with Gasteiger partial charge < -0.3 is 0 Å². The summed E-state index contributed by atoms with van der Waals surface area (Å²) >= 11 is 4.47. The average molecular weight is 310 g/mol. The van der Waals surface area contributed by atoms with E-state index in [1.54, 1.807) is 11.4 Å². The molecule has 0 radical (unpaired) electrons. The third-order valence-corrected chi connectivity index (χ3v) is 6.71. The van der Waals surface area contributed by atoms with Crippen LogP contribution in [0.3, 0.4) is 0 Å². The van der Waals surface area contributed by atoms with Crippen molar-refractivity contribution in [1.29, 1.82) is 0 Å². The highest BCUT2D eigenvalue weighted by Crippen LogP contribution is 2.31. The molecule has 1 fully saturated rings. The first-order valence-electron chi connectivity index (χ1n) is 4.74. The molecule has 1 aromatic rings. The van der Waals surface area contributed by atoms with Crippen LogP contribution >= 0.6 is 27.3 Å². The molecule has 6 heteroatoms. The second kappa shape index (κ2) is 4.16. The monoisotopic (exact) mass is 309 g/mol. The fourth-order valence-corrected chi connectivity index (χ4v) is 5.36. The van der Waals surface area contributed by atoms with E-state index in [0.717, 1.165) is 12.8 Å². The van der Waals surface area contributed by atoms with Crippen LogP contribution < -0.4 is 4.72 Å². The maximum atomic E-state index is 11.9. The van der Waals surface area contributed by atoms with Crippen molar-refractivity contribution in [3.63, 3.8) is 0 Å². The Bertz CT molecular complexity index is 448. The lowest BCUT2D eigenvalue weighted by atomic mass is 9.83. The predicted octanol–water partition coefficient (Wildman–Crippen LogP) is 2.59. The maximum absolute atomic E-state index is 11.9. The van der Waals surface area contributed by atoms with Crippen LogP contribution in [0.15, 0.2) is 20.1 Å². The van der Waals surface area contributed by atoms with E-state index < -0.39 is 10.0 Å². The molecule has 0 saturated heterocycles. The predicted molar refractivity (Wildman–Crippen MR) is 64.5 cm³/mol. The number of nitrogens with one attached hydrogen (secondary N) is 1. The van der Waals surface area contributed by atoms with Crippen molar-refractivity contribution in [3.05, 3.63) is 15.9 Å². The molecule has 0 spiro atoms. The smallest absolute Gasteiger partial charge is 0.207 e. The normalized spacial score (nSPS) is 26.3. The summed E-state index contributed by atoms with van der Waals surface area (Å²) in [5.41, 5.74) is 0. The first-order valence-corrected chi connectivity index (χ1v) is 7.90. The average Bonchev–Trinajstić information content (AvgIpc) is 2.48. The van der Waals surface area contributed by atoms with Crippen molar-refractivity contribution in [2.45, 2.75) is 30.0 Å². The summed E-state index contributed by atoms with van der Waals surface area (Å²) in [6.07, 6.45) is 1.89. The van der Waals surface area contributed by atoms with Gasteiger partial charge in [0.15, 0.2) is 0 Å². The minimum Gasteiger partial charge on any atom is -0.207 e. The molecule has 0 unspecified atom stereocenters. The van der Waals surface area contributed by atoms with Crippen molar-refractivity contribution >= 4 is 37.3 Å². The quantitative estimate of drug-likeness (QED) is 0.933. The lowest BCUT2D eigenvalue weighted by Gasteiger charge is -2.32. The van der Waals surface area contributed by atoms with E-state index >= 15 is 0 Å². The lowest BCUT2D eigenvalue weighted by molar-refractivity contribution is 0.270. The van der Waals surface area contributed by atoms with E-state index in [4.69, 9.17) is 0 Å². The molecule has 1 aliphatic rings. The van der Waals surface area contributed by atoms with Gasteiger partial charge in [-0.2, -0.15) is 0 Å². The number of sulfonamides is 1. The fourth-order valence-electron chi connectivity index (χ4n) is 1.74. The standard InChI is InChI=1S/C9H12BrNO2S2/c1-6-4-7(5-6)11-15(12,13)9-8(10)2-3-14-9/h2-3,6-7,11H,4-5H2,1H3. The van der Waals surface area contributed by atoms with Crippen LogP contribution in [-0.2, 0) is 10.0 Å². The zero-order valence-corrected chi connectivity index (χ0v) is 11.5. The Labute approximate surface area is 102 Å². The van der Waals surface area contributed by atoms with Gasteiger partial charge in [0, 0.05) is 10.5 Å². The number of thiophene rings is 1. The van der Waals surface area contributed by atoms with Gasteiger partial charge in [0.2, 0.25) is 0 Å². The first-order chi connectivity index (χ1) is 6.99. The van der Waals surface area contributed by atoms with Crippen molar-refractivity contribution in [1.82, 2.24) is 4.72 Å². The highest BCUT2D eigenvalue weighted by molar-refractivity contribution is 9.10. The summed E-state index contributed by atoms with van der Waals surface area (Å²) in [5.74, 6) is 0.643. The molecule has 0 atom stereocenters. The van der Waals surface area contributed by atoms with Crippen LogP contribution in [-0.4, -0.2) is 14.5 Å². The topological polar surface area (TPSA) is 46.2 Å². The Morgan fingerprint density at radius 1 is 1.53 bits per heavy atom. The van der Waals surface area contributed by atoms with Gasteiger partial charge in [-0.3, -0.25) is 0 Å². The van der Waals surface area contributed by atoms with Gasteiger partial charge >= 0.3 is 0 Å². The van der Waals surface area contributed by atoms with E-state index in [1.165, 1.54) is 11.3 Å². The molecule has 3 nitrogen and oxygen atoms in total. The fraction of sp³-hybridized carbons (Fsp3) is 0.556. The van der Waals surface area contributed by atoms with Crippen LogP contribution in [0.25, 0.3) is 0 Å². The number of halogens is 1. The molecule has 1 aromatic heterocycles. The molecule has 2 rings (SSSR count). The highest BCUT2D eigenvalue weighted by atomic mass is 79.9. The minimum absolute atomic E-state index is 0.124. The summed E-state index contributed by atoms with van der Waals surface area (Å²) in [4.78, 5) is 0. The molecule has 0 aliphatic heterocycles. The summed E-state index contributed by atoms with van der Waals surface area (Å²) < 4.78 is 27.5. The van der Waals surface area contributed by atoms with E-state index in [-0.39, 0.29) is 6.04 Å². The molecule has 1 N–H and O–H groups in total. The number of hydrogen-bond acceptors (Lipinski definition) is 3. The second-order valence-electron chi connectivity index (χ2n) is 3.95. The van der Waals surface area contributed by atoms with Crippen molar-refractivity contribution in [3.8, 4) is 0 Å². The molecule has 84 valence electrons. The van der Waals surface area contributed by atoms with Crippen LogP contribution in [0.2, 0.25) is 0 Å². The Morgan fingerprint density at radius 3 is 2.67 bits per heavy atom. The SMILES string of the molecule is CC1CC(NS(=O)(=O)c2sccc2Br)C1. The second-order valence-corrected chi connectivity index (χ2v) is 7.63. The maximum Gasteiger partial charge on any atom is 0.251 e. The van der Waals surface area contributed by atoms with E-state index in [0.29, 0.717) is 14.6 Å². The summed E-state index contributed by atoms with van der Waals surface area (Å²) in [6, 6.07) is 1.88. The summed E-state index contributed by atoms with van der Waals surface area (Å²) in [6.45, 7) is 2.13. The highest BCUT2D eigenvalue weighted by Gasteiger charge is 2.30. The molecular weight excluding hydrogens is 298 g/mol. The summed E-state index contributed by atoms with van der Waals surface area (Å²) in [7, 11) is -3.31. The molecule has 0 bridgehead atoms. The third-order valence-electron chi connectivity index (χ3n) is 2.52. The largest absolute Gasteiger partial charge is 0.251 e. The van der Waals surface area contributed by atoms with Crippen LogP contribution in [0.1, 0.15) is 19.8 Å². The van der Waals surface area contributed by atoms with E-state index in [2.05, 4.69) is 27.6 Å².